The van der Waals surface area contributed by atoms with Gasteiger partial charge in [-0.2, -0.15) is 0 Å². The zero-order valence-electron chi connectivity index (χ0n) is 9.20. The lowest BCUT2D eigenvalue weighted by Gasteiger charge is -2.09. The van der Waals surface area contributed by atoms with Gasteiger partial charge in [-0.05, 0) is 18.1 Å². The van der Waals surface area contributed by atoms with Crippen molar-refractivity contribution >= 4 is 23.0 Å². The largest absolute Gasteiger partial charge is 0.385 e. The number of hydrogen-bond acceptors (Lipinski definition) is 3. The predicted molar refractivity (Wildman–Crippen MR) is 66.1 cm³/mol. The molecule has 0 bridgehead atoms. The number of benzene rings is 1. The minimum absolute atomic E-state index is 0.0803. The van der Waals surface area contributed by atoms with Crippen LogP contribution in [0.15, 0.2) is 18.2 Å². The van der Waals surface area contributed by atoms with Crippen molar-refractivity contribution in [2.24, 2.45) is 0 Å². The Morgan fingerprint density at radius 3 is 2.81 bits per heavy atom. The minimum atomic E-state index is -0.411. The van der Waals surface area contributed by atoms with Crippen LogP contribution in [0.1, 0.15) is 25.3 Å². The third-order valence-electron chi connectivity index (χ3n) is 2.29. The van der Waals surface area contributed by atoms with Crippen LogP contribution in [0.2, 0.25) is 0 Å². The molecule has 0 heterocycles. The van der Waals surface area contributed by atoms with E-state index in [1.54, 1.807) is 6.07 Å². The average molecular weight is 243 g/mol. The number of rotatable bonds is 6. The van der Waals surface area contributed by atoms with E-state index in [0.29, 0.717) is 0 Å². The van der Waals surface area contributed by atoms with Gasteiger partial charge in [0.25, 0.3) is 5.69 Å². The van der Waals surface area contributed by atoms with E-state index in [9.17, 15) is 10.1 Å². The summed E-state index contributed by atoms with van der Waals surface area (Å²) in [7, 11) is 0. The summed E-state index contributed by atoms with van der Waals surface area (Å²) in [6.07, 6.45) is 2.18. The van der Waals surface area contributed by atoms with E-state index in [1.165, 1.54) is 12.1 Å². The van der Waals surface area contributed by atoms with E-state index in [1.807, 2.05) is 0 Å². The molecule has 0 aliphatic rings. The highest BCUT2D eigenvalue weighted by Crippen LogP contribution is 2.23. The molecular weight excluding hydrogens is 228 g/mol. The molecule has 0 spiro atoms. The lowest BCUT2D eigenvalue weighted by molar-refractivity contribution is -0.384. The Hall–Kier alpha value is -1.29. The van der Waals surface area contributed by atoms with E-state index in [-0.39, 0.29) is 11.6 Å². The molecule has 0 radical (unpaired) electrons. The molecule has 1 rings (SSSR count). The van der Waals surface area contributed by atoms with Gasteiger partial charge in [0.15, 0.2) is 0 Å². The van der Waals surface area contributed by atoms with Gasteiger partial charge in [-0.1, -0.05) is 13.3 Å². The van der Waals surface area contributed by atoms with Gasteiger partial charge in [-0.25, -0.2) is 0 Å². The van der Waals surface area contributed by atoms with Crippen LogP contribution in [0.4, 0.5) is 11.4 Å². The summed E-state index contributed by atoms with van der Waals surface area (Å²) in [5.41, 5.74) is 1.73. The van der Waals surface area contributed by atoms with Crippen molar-refractivity contribution in [3.8, 4) is 0 Å². The molecule has 1 aromatic rings. The Morgan fingerprint density at radius 2 is 2.25 bits per heavy atom. The monoisotopic (exact) mass is 242 g/mol. The summed E-state index contributed by atoms with van der Waals surface area (Å²) in [6.45, 7) is 2.97. The second-order valence-electron chi connectivity index (χ2n) is 3.51. The molecule has 0 atom stereocenters. The number of nitrogens with zero attached hydrogens (tertiary/aromatic N) is 1. The van der Waals surface area contributed by atoms with Gasteiger partial charge >= 0.3 is 0 Å². The Kier molecular flexibility index (Phi) is 5.05. The van der Waals surface area contributed by atoms with Crippen LogP contribution in [-0.4, -0.2) is 11.5 Å². The fraction of sp³-hybridized carbons (Fsp3) is 0.455. The second kappa shape index (κ2) is 6.33. The number of alkyl halides is 1. The predicted octanol–water partition coefficient (Wildman–Crippen LogP) is 3.55. The Morgan fingerprint density at radius 1 is 1.50 bits per heavy atom. The third-order valence-corrected chi connectivity index (χ3v) is 2.58. The summed E-state index contributed by atoms with van der Waals surface area (Å²) >= 11 is 5.76. The molecule has 0 unspecified atom stereocenters. The number of hydrogen-bond donors (Lipinski definition) is 1. The standard InChI is InChI=1S/C11H15ClN2O2/c1-2-3-6-13-11-5-4-10(14(15)16)7-9(11)8-12/h4-5,7,13H,2-3,6,8H2,1H3. The molecule has 0 aliphatic heterocycles. The van der Waals surface area contributed by atoms with E-state index in [2.05, 4.69) is 12.2 Å². The van der Waals surface area contributed by atoms with Crippen LogP contribution in [0.25, 0.3) is 0 Å². The first kappa shape index (κ1) is 12.8. The summed E-state index contributed by atoms with van der Waals surface area (Å²) in [5, 5.41) is 13.8. The zero-order valence-corrected chi connectivity index (χ0v) is 9.96. The molecule has 0 saturated heterocycles. The highest BCUT2D eigenvalue weighted by Gasteiger charge is 2.09. The molecule has 88 valence electrons. The maximum Gasteiger partial charge on any atom is 0.269 e. The lowest BCUT2D eigenvalue weighted by Crippen LogP contribution is -2.03. The molecule has 4 nitrogen and oxygen atoms in total. The molecule has 0 amide bonds. The molecule has 16 heavy (non-hydrogen) atoms. The van der Waals surface area contributed by atoms with Crippen molar-refractivity contribution in [3.63, 3.8) is 0 Å². The van der Waals surface area contributed by atoms with Gasteiger partial charge in [0.05, 0.1) is 4.92 Å². The molecular formula is C11H15ClN2O2. The van der Waals surface area contributed by atoms with Gasteiger partial charge in [-0.15, -0.1) is 11.6 Å². The Balaban J connectivity index is 2.80. The molecule has 0 saturated carbocycles. The number of non-ortho nitro benzene ring substituents is 1. The van der Waals surface area contributed by atoms with Gasteiger partial charge in [0.1, 0.15) is 0 Å². The fourth-order valence-corrected chi connectivity index (χ4v) is 1.60. The van der Waals surface area contributed by atoms with Crippen molar-refractivity contribution in [3.05, 3.63) is 33.9 Å². The Labute approximate surface area is 99.8 Å². The summed E-state index contributed by atoms with van der Waals surface area (Å²) in [6, 6.07) is 4.72. The van der Waals surface area contributed by atoms with E-state index < -0.39 is 4.92 Å². The topological polar surface area (TPSA) is 55.2 Å². The quantitative estimate of drug-likeness (QED) is 0.359. The van der Waals surface area contributed by atoms with Crippen LogP contribution >= 0.6 is 11.6 Å². The van der Waals surface area contributed by atoms with E-state index in [4.69, 9.17) is 11.6 Å². The lowest BCUT2D eigenvalue weighted by atomic mass is 10.1. The molecule has 0 fully saturated rings. The van der Waals surface area contributed by atoms with Crippen LogP contribution in [0.3, 0.4) is 0 Å². The molecule has 5 heteroatoms. The Bertz CT molecular complexity index is 369. The number of nitro groups is 1. The second-order valence-corrected chi connectivity index (χ2v) is 3.78. The van der Waals surface area contributed by atoms with Gasteiger partial charge in [0.2, 0.25) is 0 Å². The highest BCUT2D eigenvalue weighted by atomic mass is 35.5. The smallest absolute Gasteiger partial charge is 0.269 e. The average Bonchev–Trinajstić information content (AvgIpc) is 2.29. The number of unbranched alkanes of at least 4 members (excludes halogenated alkanes) is 1. The van der Waals surface area contributed by atoms with E-state index >= 15 is 0 Å². The maximum absolute atomic E-state index is 10.6. The fourth-order valence-electron chi connectivity index (χ4n) is 1.38. The minimum Gasteiger partial charge on any atom is -0.385 e. The molecule has 1 N–H and O–H groups in total. The van der Waals surface area contributed by atoms with E-state index in [0.717, 1.165) is 30.6 Å². The first-order chi connectivity index (χ1) is 7.69. The molecule has 1 aromatic carbocycles. The third kappa shape index (κ3) is 3.38. The van der Waals surface area contributed by atoms with Crippen molar-refractivity contribution in [1.29, 1.82) is 0 Å². The normalized spacial score (nSPS) is 10.1. The maximum atomic E-state index is 10.6. The molecule has 0 aromatic heterocycles. The number of halogens is 1. The first-order valence-corrected chi connectivity index (χ1v) is 5.79. The SMILES string of the molecule is CCCCNc1ccc([N+](=O)[O-])cc1CCl. The first-order valence-electron chi connectivity index (χ1n) is 5.26. The summed E-state index contributed by atoms with van der Waals surface area (Å²) in [5.74, 6) is 0.274. The summed E-state index contributed by atoms with van der Waals surface area (Å²) in [4.78, 5) is 10.2. The zero-order chi connectivity index (χ0) is 12.0. The van der Waals surface area contributed by atoms with Crippen LogP contribution in [-0.2, 0) is 5.88 Å². The van der Waals surface area contributed by atoms with Gasteiger partial charge in [-0.3, -0.25) is 10.1 Å². The molecule has 0 aliphatic carbocycles. The van der Waals surface area contributed by atoms with Crippen molar-refractivity contribution in [2.45, 2.75) is 25.6 Å². The van der Waals surface area contributed by atoms with Crippen LogP contribution < -0.4 is 5.32 Å². The van der Waals surface area contributed by atoms with Crippen LogP contribution in [0.5, 0.6) is 0 Å². The highest BCUT2D eigenvalue weighted by molar-refractivity contribution is 6.17. The van der Waals surface area contributed by atoms with Crippen molar-refractivity contribution in [1.82, 2.24) is 0 Å². The van der Waals surface area contributed by atoms with Gasteiger partial charge < -0.3 is 5.32 Å². The summed E-state index contributed by atoms with van der Waals surface area (Å²) < 4.78 is 0. The number of anilines is 1. The number of nitro benzene ring substituents is 1. The number of nitrogens with one attached hydrogen (secondary N) is 1. The van der Waals surface area contributed by atoms with Gasteiger partial charge in [0, 0.05) is 30.2 Å². The van der Waals surface area contributed by atoms with Crippen LogP contribution in [0, 0.1) is 10.1 Å². The van der Waals surface area contributed by atoms with Crippen molar-refractivity contribution < 1.29 is 4.92 Å². The van der Waals surface area contributed by atoms with Crippen molar-refractivity contribution in [2.75, 3.05) is 11.9 Å².